The van der Waals surface area contributed by atoms with Gasteiger partial charge < -0.3 is 10.1 Å². The molecule has 1 fully saturated rings. The van der Waals surface area contributed by atoms with Gasteiger partial charge in [0.15, 0.2) is 23.2 Å². The summed E-state index contributed by atoms with van der Waals surface area (Å²) in [6.45, 7) is -0.626. The lowest BCUT2D eigenvalue weighted by molar-refractivity contribution is -0.126. The second-order valence-electron chi connectivity index (χ2n) is 7.39. The van der Waals surface area contributed by atoms with Gasteiger partial charge in [-0.2, -0.15) is 13.1 Å². The standard InChI is InChI=1S/C21H21F4N3O5S/c22-16-10-17(23)20(25)21(19(16)24)33-13-14(29)11-26-18(30)12-27-6-8-28(9-7-27)34(31,32)15-4-2-1-3-5-15/h1-5,10H,6-9,11-13H2,(H,26,30). The zero-order valence-corrected chi connectivity index (χ0v) is 18.6. The fraction of sp³-hybridized carbons (Fsp3) is 0.333. The van der Waals surface area contributed by atoms with Crippen molar-refractivity contribution in [2.75, 3.05) is 45.9 Å². The van der Waals surface area contributed by atoms with Gasteiger partial charge in [-0.3, -0.25) is 14.5 Å². The van der Waals surface area contributed by atoms with E-state index in [0.29, 0.717) is 13.1 Å². The molecule has 0 spiro atoms. The summed E-state index contributed by atoms with van der Waals surface area (Å²) in [5.41, 5.74) is 0. The van der Waals surface area contributed by atoms with Gasteiger partial charge in [0, 0.05) is 32.2 Å². The first-order valence-corrected chi connectivity index (χ1v) is 11.6. The van der Waals surface area contributed by atoms with E-state index < -0.39 is 63.9 Å². The molecule has 34 heavy (non-hydrogen) atoms. The Labute approximate surface area is 193 Å². The predicted octanol–water partition coefficient (Wildman–Crippen LogP) is 1.31. The second-order valence-corrected chi connectivity index (χ2v) is 9.33. The summed E-state index contributed by atoms with van der Waals surface area (Å²) in [5, 5.41) is 2.31. The first-order chi connectivity index (χ1) is 16.1. The number of halogens is 4. The number of carbonyl (C=O) groups excluding carboxylic acids is 2. The number of Topliss-reactive ketones (excluding diaryl/α,β-unsaturated/α-hetero) is 1. The molecular weight excluding hydrogens is 482 g/mol. The number of sulfonamides is 1. The van der Waals surface area contributed by atoms with Crippen LogP contribution in [0.2, 0.25) is 0 Å². The molecule has 1 aliphatic rings. The number of nitrogens with zero attached hydrogens (tertiary/aromatic N) is 2. The Kier molecular flexibility index (Phi) is 8.23. The maximum Gasteiger partial charge on any atom is 0.243 e. The highest BCUT2D eigenvalue weighted by Crippen LogP contribution is 2.26. The molecule has 3 rings (SSSR count). The second kappa shape index (κ2) is 10.9. The monoisotopic (exact) mass is 503 g/mol. The van der Waals surface area contributed by atoms with Crippen LogP contribution >= 0.6 is 0 Å². The summed E-state index contributed by atoms with van der Waals surface area (Å²) >= 11 is 0. The Morgan fingerprint density at radius 3 is 2.12 bits per heavy atom. The lowest BCUT2D eigenvalue weighted by Gasteiger charge is -2.33. The van der Waals surface area contributed by atoms with Crippen LogP contribution in [0, 0.1) is 23.3 Å². The number of carbonyl (C=O) groups is 2. The van der Waals surface area contributed by atoms with Crippen molar-refractivity contribution in [2.24, 2.45) is 0 Å². The molecule has 1 amide bonds. The summed E-state index contributed by atoms with van der Waals surface area (Å²) in [5.74, 6) is -9.59. The van der Waals surface area contributed by atoms with E-state index in [9.17, 15) is 35.6 Å². The SMILES string of the molecule is O=C(CNC(=O)CN1CCN(S(=O)(=O)c2ccccc2)CC1)COc1c(F)c(F)cc(F)c1F. The minimum absolute atomic E-state index is 0.0104. The Morgan fingerprint density at radius 2 is 1.53 bits per heavy atom. The van der Waals surface area contributed by atoms with Crippen molar-refractivity contribution in [3.63, 3.8) is 0 Å². The van der Waals surface area contributed by atoms with Crippen molar-refractivity contribution in [1.29, 1.82) is 0 Å². The summed E-state index contributed by atoms with van der Waals surface area (Å²) in [6, 6.07) is 7.99. The summed E-state index contributed by atoms with van der Waals surface area (Å²) in [7, 11) is -3.63. The topological polar surface area (TPSA) is 96.0 Å². The Balaban J connectivity index is 1.42. The third kappa shape index (κ3) is 6.10. The van der Waals surface area contributed by atoms with E-state index in [-0.39, 0.29) is 30.6 Å². The van der Waals surface area contributed by atoms with Gasteiger partial charge in [-0.25, -0.2) is 17.2 Å². The average Bonchev–Trinajstić information content (AvgIpc) is 2.82. The molecule has 2 aromatic rings. The Morgan fingerprint density at radius 1 is 0.941 bits per heavy atom. The minimum Gasteiger partial charge on any atom is -0.479 e. The van der Waals surface area contributed by atoms with Crippen molar-refractivity contribution in [2.45, 2.75) is 4.90 Å². The van der Waals surface area contributed by atoms with Crippen LogP contribution in [-0.4, -0.2) is 75.2 Å². The molecule has 0 bridgehead atoms. The van der Waals surface area contributed by atoms with Crippen LogP contribution < -0.4 is 10.1 Å². The molecule has 1 aliphatic heterocycles. The number of benzene rings is 2. The first kappa shape index (κ1) is 25.6. The highest BCUT2D eigenvalue weighted by atomic mass is 32.2. The largest absolute Gasteiger partial charge is 0.479 e. The molecular formula is C21H21F4N3O5S. The van der Waals surface area contributed by atoms with Gasteiger partial charge in [-0.1, -0.05) is 18.2 Å². The first-order valence-electron chi connectivity index (χ1n) is 10.1. The van der Waals surface area contributed by atoms with Crippen LogP contribution in [0.3, 0.4) is 0 Å². The van der Waals surface area contributed by atoms with Crippen LogP contribution in [0.25, 0.3) is 0 Å². The lowest BCUT2D eigenvalue weighted by Crippen LogP contribution is -2.51. The maximum atomic E-state index is 13.5. The number of ether oxygens (including phenoxy) is 1. The van der Waals surface area contributed by atoms with Gasteiger partial charge in [0.05, 0.1) is 18.0 Å². The molecule has 184 valence electrons. The van der Waals surface area contributed by atoms with Crippen LogP contribution in [0.1, 0.15) is 0 Å². The van der Waals surface area contributed by atoms with E-state index in [4.69, 9.17) is 0 Å². The Bertz CT molecular complexity index is 1130. The zero-order chi connectivity index (χ0) is 24.9. The molecule has 1 heterocycles. The normalized spacial score (nSPS) is 15.2. The molecule has 0 unspecified atom stereocenters. The van der Waals surface area contributed by atoms with E-state index in [0.717, 1.165) is 0 Å². The van der Waals surface area contributed by atoms with Crippen molar-refractivity contribution in [3.05, 3.63) is 59.7 Å². The third-order valence-corrected chi connectivity index (χ3v) is 6.92. The highest BCUT2D eigenvalue weighted by molar-refractivity contribution is 7.89. The highest BCUT2D eigenvalue weighted by Gasteiger charge is 2.29. The molecule has 0 atom stereocenters. The minimum atomic E-state index is -3.63. The van der Waals surface area contributed by atoms with Gasteiger partial charge in [0.25, 0.3) is 0 Å². The van der Waals surface area contributed by atoms with E-state index in [2.05, 4.69) is 10.1 Å². The zero-order valence-electron chi connectivity index (χ0n) is 17.8. The predicted molar refractivity (Wildman–Crippen MR) is 111 cm³/mol. The molecule has 0 aliphatic carbocycles. The van der Waals surface area contributed by atoms with Gasteiger partial charge in [-0.15, -0.1) is 0 Å². The lowest BCUT2D eigenvalue weighted by atomic mass is 10.3. The summed E-state index contributed by atoms with van der Waals surface area (Å²) in [4.78, 5) is 25.8. The number of hydrogen-bond acceptors (Lipinski definition) is 6. The average molecular weight is 503 g/mol. The van der Waals surface area contributed by atoms with E-state index >= 15 is 0 Å². The van der Waals surface area contributed by atoms with Gasteiger partial charge in [0.1, 0.15) is 6.61 Å². The van der Waals surface area contributed by atoms with Gasteiger partial charge in [-0.05, 0) is 12.1 Å². The maximum absolute atomic E-state index is 13.5. The number of piperazine rings is 1. The number of ketones is 1. The fourth-order valence-electron chi connectivity index (χ4n) is 3.21. The quantitative estimate of drug-likeness (QED) is 0.410. The van der Waals surface area contributed by atoms with Crippen LogP contribution in [0.5, 0.6) is 5.75 Å². The molecule has 0 radical (unpaired) electrons. The number of hydrogen-bond donors (Lipinski definition) is 1. The number of nitrogens with one attached hydrogen (secondary N) is 1. The van der Waals surface area contributed by atoms with Crippen LogP contribution in [0.15, 0.2) is 41.3 Å². The van der Waals surface area contributed by atoms with Crippen molar-refractivity contribution < 1.29 is 40.3 Å². The fourth-order valence-corrected chi connectivity index (χ4v) is 4.65. The molecule has 13 heteroatoms. The van der Waals surface area contributed by atoms with E-state index in [1.54, 1.807) is 23.1 Å². The molecule has 1 N–H and O–H groups in total. The summed E-state index contributed by atoms with van der Waals surface area (Å²) < 4.78 is 84.5. The van der Waals surface area contributed by atoms with E-state index in [1.807, 2.05) is 0 Å². The van der Waals surface area contributed by atoms with Gasteiger partial charge >= 0.3 is 0 Å². The number of rotatable bonds is 9. The van der Waals surface area contributed by atoms with Crippen molar-refractivity contribution in [3.8, 4) is 5.75 Å². The summed E-state index contributed by atoms with van der Waals surface area (Å²) in [6.07, 6.45) is 0. The smallest absolute Gasteiger partial charge is 0.243 e. The van der Waals surface area contributed by atoms with Gasteiger partial charge in [0.2, 0.25) is 27.6 Å². The van der Waals surface area contributed by atoms with Crippen molar-refractivity contribution in [1.82, 2.24) is 14.5 Å². The Hall–Kier alpha value is -3.03. The molecule has 8 nitrogen and oxygen atoms in total. The molecule has 0 aromatic heterocycles. The van der Waals surface area contributed by atoms with Crippen LogP contribution in [-0.2, 0) is 19.6 Å². The van der Waals surface area contributed by atoms with Crippen LogP contribution in [0.4, 0.5) is 17.6 Å². The van der Waals surface area contributed by atoms with Crippen molar-refractivity contribution >= 4 is 21.7 Å². The molecule has 2 aromatic carbocycles. The number of amides is 1. The van der Waals surface area contributed by atoms with E-state index in [1.165, 1.54) is 16.4 Å². The molecule has 1 saturated heterocycles. The molecule has 0 saturated carbocycles. The third-order valence-electron chi connectivity index (χ3n) is 5.01.